The van der Waals surface area contributed by atoms with Gasteiger partial charge in [0.25, 0.3) is 0 Å². The van der Waals surface area contributed by atoms with Crippen LogP contribution in [0.1, 0.15) is 11.1 Å². The molecule has 1 N–H and O–H groups in total. The van der Waals surface area contributed by atoms with Crippen LogP contribution in [0.5, 0.6) is 0 Å². The smallest absolute Gasteiger partial charge is 0.310 e. The van der Waals surface area contributed by atoms with Gasteiger partial charge in [0.2, 0.25) is 0 Å². The summed E-state index contributed by atoms with van der Waals surface area (Å²) in [5.74, 6) is -0.712. The minimum absolute atomic E-state index is 0.0652. The molecule has 0 saturated heterocycles. The van der Waals surface area contributed by atoms with Crippen molar-refractivity contribution in [1.29, 1.82) is 0 Å². The number of para-hydroxylation sites is 2. The Morgan fingerprint density at radius 3 is 2.10 bits per heavy atom. The molecule has 0 aliphatic rings. The number of nitrogens with zero attached hydrogens (tertiary/aromatic N) is 1. The lowest BCUT2D eigenvalue weighted by Crippen LogP contribution is -2.12. The normalized spacial score (nSPS) is 11.0. The van der Waals surface area contributed by atoms with E-state index in [1.54, 1.807) is 11.8 Å². The van der Waals surface area contributed by atoms with E-state index >= 15 is 0 Å². The number of fused-ring (bicyclic) bond motifs is 2. The molecule has 30 heavy (non-hydrogen) atoms. The molecular weight excluding hydrogens is 384 g/mol. The third-order valence-electron chi connectivity index (χ3n) is 5.27. The molecule has 2 aromatic carbocycles. The first kappa shape index (κ1) is 19.6. The van der Waals surface area contributed by atoms with Gasteiger partial charge in [0.1, 0.15) is 12.8 Å². The summed E-state index contributed by atoms with van der Waals surface area (Å²) < 4.78 is 11.5. The first-order valence-electron chi connectivity index (χ1n) is 9.49. The van der Waals surface area contributed by atoms with Crippen molar-refractivity contribution in [2.45, 2.75) is 12.8 Å². The lowest BCUT2D eigenvalue weighted by molar-refractivity contribution is -0.140. The molecule has 7 heteroatoms. The van der Waals surface area contributed by atoms with Crippen LogP contribution in [-0.4, -0.2) is 43.0 Å². The van der Waals surface area contributed by atoms with Gasteiger partial charge in [-0.1, -0.05) is 36.4 Å². The average Bonchev–Trinajstić information content (AvgIpc) is 3.28. The summed E-state index contributed by atoms with van der Waals surface area (Å²) in [6.07, 6.45) is 0.147. The fraction of sp³-hybridized carbons (Fsp3) is 0.217. The van der Waals surface area contributed by atoms with E-state index in [-0.39, 0.29) is 24.8 Å². The third-order valence-corrected chi connectivity index (χ3v) is 5.27. The number of hydrogen-bond donors (Lipinski definition) is 1. The van der Waals surface area contributed by atoms with Gasteiger partial charge in [-0.15, -0.1) is 0 Å². The summed E-state index contributed by atoms with van der Waals surface area (Å²) in [5, 5.41) is 1.79. The predicted octanol–water partition coefficient (Wildman–Crippen LogP) is 3.28. The van der Waals surface area contributed by atoms with Crippen LogP contribution in [0.25, 0.3) is 33.2 Å². The van der Waals surface area contributed by atoms with Crippen molar-refractivity contribution in [2.24, 2.45) is 0 Å². The van der Waals surface area contributed by atoms with Gasteiger partial charge in [-0.25, -0.2) is 0 Å². The molecule has 0 spiro atoms. The third kappa shape index (κ3) is 3.18. The van der Waals surface area contributed by atoms with Gasteiger partial charge >= 0.3 is 11.9 Å². The number of methoxy groups -OCH3 is 2. The quantitative estimate of drug-likeness (QED) is 0.497. The molecule has 0 fully saturated rings. The number of aromatic nitrogens is 2. The lowest BCUT2D eigenvalue weighted by atomic mass is 10.0. The minimum Gasteiger partial charge on any atom is -0.469 e. The van der Waals surface area contributed by atoms with Crippen LogP contribution >= 0.6 is 0 Å². The van der Waals surface area contributed by atoms with Gasteiger partial charge in [-0.3, -0.25) is 9.59 Å². The predicted molar refractivity (Wildman–Crippen MR) is 113 cm³/mol. The van der Waals surface area contributed by atoms with Gasteiger partial charge in [-0.2, -0.15) is 4.73 Å². The second-order valence-electron chi connectivity index (χ2n) is 6.85. The maximum atomic E-state index is 12.2. The molecule has 4 aromatic rings. The van der Waals surface area contributed by atoms with E-state index in [2.05, 4.69) is 4.98 Å². The Balaban J connectivity index is 2.07. The Hall–Kier alpha value is -3.74. The van der Waals surface area contributed by atoms with Gasteiger partial charge in [-0.05, 0) is 17.7 Å². The number of ether oxygens (including phenoxy) is 2. The largest absolute Gasteiger partial charge is 0.469 e. The Bertz CT molecular complexity index is 1250. The van der Waals surface area contributed by atoms with Gasteiger partial charge in [0.15, 0.2) is 0 Å². The molecule has 2 heterocycles. The highest BCUT2D eigenvalue weighted by atomic mass is 16.6. The van der Waals surface area contributed by atoms with Crippen molar-refractivity contribution in [3.63, 3.8) is 0 Å². The number of rotatable bonds is 6. The van der Waals surface area contributed by atoms with E-state index in [0.717, 1.165) is 32.9 Å². The van der Waals surface area contributed by atoms with Gasteiger partial charge in [0.05, 0.1) is 38.3 Å². The summed E-state index contributed by atoms with van der Waals surface area (Å²) in [6.45, 7) is 0. The van der Waals surface area contributed by atoms with E-state index < -0.39 is 0 Å². The molecule has 0 aliphatic heterocycles. The molecule has 0 unspecified atom stereocenters. The average molecular weight is 406 g/mol. The number of aromatic amines is 1. The Labute approximate surface area is 173 Å². The molecule has 0 atom stereocenters. The van der Waals surface area contributed by atoms with Crippen LogP contribution in [0, 0.1) is 0 Å². The first-order chi connectivity index (χ1) is 14.6. The van der Waals surface area contributed by atoms with Crippen LogP contribution in [0.4, 0.5) is 0 Å². The maximum Gasteiger partial charge on any atom is 0.310 e. The minimum atomic E-state index is -0.360. The fourth-order valence-corrected chi connectivity index (χ4v) is 3.92. The summed E-state index contributed by atoms with van der Waals surface area (Å²) in [5.41, 5.74) is 4.62. The Kier molecular flexibility index (Phi) is 5.18. The summed E-state index contributed by atoms with van der Waals surface area (Å²) in [7, 11) is 4.30. The SMILES string of the molecule is COC(=O)Cc1c(-c2c(CC(=O)OC)c3ccccc3n2OC)[nH]c2ccccc12. The molecular formula is C23H22N2O5. The van der Waals surface area contributed by atoms with Crippen molar-refractivity contribution in [3.05, 3.63) is 59.7 Å². The molecule has 2 aromatic heterocycles. The first-order valence-corrected chi connectivity index (χ1v) is 9.49. The number of nitrogens with one attached hydrogen (secondary N) is 1. The number of hydrogen-bond acceptors (Lipinski definition) is 5. The fourth-order valence-electron chi connectivity index (χ4n) is 3.92. The molecule has 154 valence electrons. The summed E-state index contributed by atoms with van der Waals surface area (Å²) in [4.78, 5) is 33.6. The van der Waals surface area contributed by atoms with Crippen molar-refractivity contribution >= 4 is 33.7 Å². The lowest BCUT2D eigenvalue weighted by Gasteiger charge is -2.11. The number of carbonyl (C=O) groups is 2. The second-order valence-corrected chi connectivity index (χ2v) is 6.85. The highest BCUT2D eigenvalue weighted by Gasteiger charge is 2.26. The number of carbonyl (C=O) groups excluding carboxylic acids is 2. The molecule has 0 radical (unpaired) electrons. The highest BCUT2D eigenvalue weighted by Crippen LogP contribution is 2.38. The van der Waals surface area contributed by atoms with E-state index in [9.17, 15) is 9.59 Å². The van der Waals surface area contributed by atoms with Crippen LogP contribution in [0.3, 0.4) is 0 Å². The number of H-pyrrole nitrogens is 1. The number of esters is 2. The molecule has 4 rings (SSSR count). The zero-order chi connectivity index (χ0) is 21.3. The van der Waals surface area contributed by atoms with Gasteiger partial charge in [0, 0.05) is 21.9 Å². The second kappa shape index (κ2) is 7.94. The monoisotopic (exact) mass is 406 g/mol. The van der Waals surface area contributed by atoms with E-state index in [0.29, 0.717) is 11.4 Å². The van der Waals surface area contributed by atoms with Crippen molar-refractivity contribution in [3.8, 4) is 11.4 Å². The molecule has 0 amide bonds. The molecule has 0 saturated carbocycles. The highest BCUT2D eigenvalue weighted by molar-refractivity contribution is 5.99. The van der Waals surface area contributed by atoms with Gasteiger partial charge < -0.3 is 19.3 Å². The summed E-state index contributed by atoms with van der Waals surface area (Å²) in [6, 6.07) is 15.4. The van der Waals surface area contributed by atoms with Crippen LogP contribution in [-0.2, 0) is 31.9 Å². The zero-order valence-corrected chi connectivity index (χ0v) is 17.0. The summed E-state index contributed by atoms with van der Waals surface area (Å²) >= 11 is 0. The maximum absolute atomic E-state index is 12.2. The van der Waals surface area contributed by atoms with Crippen molar-refractivity contribution in [1.82, 2.24) is 9.71 Å². The van der Waals surface area contributed by atoms with Crippen LogP contribution < -0.4 is 4.84 Å². The van der Waals surface area contributed by atoms with E-state index in [4.69, 9.17) is 14.3 Å². The number of benzene rings is 2. The molecule has 0 aliphatic carbocycles. The molecule has 0 bridgehead atoms. The Morgan fingerprint density at radius 1 is 0.833 bits per heavy atom. The molecule has 7 nitrogen and oxygen atoms in total. The Morgan fingerprint density at radius 2 is 1.43 bits per heavy atom. The van der Waals surface area contributed by atoms with Crippen molar-refractivity contribution < 1.29 is 23.9 Å². The van der Waals surface area contributed by atoms with E-state index in [1.165, 1.54) is 14.2 Å². The zero-order valence-electron chi connectivity index (χ0n) is 17.0. The van der Waals surface area contributed by atoms with Crippen LogP contribution in [0.15, 0.2) is 48.5 Å². The topological polar surface area (TPSA) is 82.6 Å². The van der Waals surface area contributed by atoms with Crippen LogP contribution in [0.2, 0.25) is 0 Å². The van der Waals surface area contributed by atoms with Crippen molar-refractivity contribution in [2.75, 3.05) is 21.3 Å². The standard InChI is InChI=1S/C23H22N2O5/c1-28-20(26)12-16-14-8-4-6-10-18(14)24-22(16)23-17(13-21(27)29-2)15-9-5-7-11-19(15)25(23)30-3/h4-11,24H,12-13H2,1-3H3. The van der Waals surface area contributed by atoms with E-state index in [1.807, 2.05) is 48.5 Å².